The number of carbonyl (C=O) groups is 1. The molecular weight excluding hydrogens is 260 g/mol. The van der Waals surface area contributed by atoms with E-state index in [1.165, 1.54) is 18.2 Å². The Morgan fingerprint density at radius 1 is 0.905 bits per heavy atom. The van der Waals surface area contributed by atoms with Gasteiger partial charge in [-0.05, 0) is 28.9 Å². The van der Waals surface area contributed by atoms with Crippen molar-refractivity contribution < 1.29 is 9.53 Å². The molecule has 1 aliphatic rings. The first-order valence-electron chi connectivity index (χ1n) is 7.17. The second-order valence-electron chi connectivity index (χ2n) is 5.33. The molecule has 0 aliphatic heterocycles. The zero-order valence-corrected chi connectivity index (χ0v) is 12.0. The van der Waals surface area contributed by atoms with E-state index in [0.717, 1.165) is 0 Å². The Bertz CT molecular complexity index is 586. The zero-order chi connectivity index (χ0) is 14.7. The molecule has 0 radical (unpaired) electrons. The summed E-state index contributed by atoms with van der Waals surface area (Å²) in [5.74, 6) is 0.943. The smallest absolute Gasteiger partial charge is 0.330 e. The Labute approximate surface area is 125 Å². The zero-order valence-electron chi connectivity index (χ0n) is 12.0. The van der Waals surface area contributed by atoms with Crippen molar-refractivity contribution in [2.24, 2.45) is 5.92 Å². The fraction of sp³-hybridized carbons (Fsp3) is 0.211. The average molecular weight is 278 g/mol. The van der Waals surface area contributed by atoms with Crippen LogP contribution in [-0.2, 0) is 9.53 Å². The van der Waals surface area contributed by atoms with E-state index < -0.39 is 0 Å². The molecule has 106 valence electrons. The van der Waals surface area contributed by atoms with Crippen molar-refractivity contribution in [2.75, 3.05) is 7.11 Å². The molecule has 2 aromatic rings. The summed E-state index contributed by atoms with van der Waals surface area (Å²) < 4.78 is 4.68. The van der Waals surface area contributed by atoms with Crippen molar-refractivity contribution in [3.63, 3.8) is 0 Å². The van der Waals surface area contributed by atoms with Crippen LogP contribution in [0.4, 0.5) is 0 Å². The van der Waals surface area contributed by atoms with Gasteiger partial charge in [0.1, 0.15) is 0 Å². The Kier molecular flexibility index (Phi) is 3.87. The first-order chi connectivity index (χ1) is 10.3. The van der Waals surface area contributed by atoms with Crippen LogP contribution in [-0.4, -0.2) is 13.1 Å². The molecule has 2 atom stereocenters. The minimum absolute atomic E-state index is 0.291. The topological polar surface area (TPSA) is 26.3 Å². The first kappa shape index (κ1) is 13.6. The molecule has 21 heavy (non-hydrogen) atoms. The van der Waals surface area contributed by atoms with Gasteiger partial charge in [-0.2, -0.15) is 0 Å². The van der Waals surface area contributed by atoms with Crippen LogP contribution in [0.3, 0.4) is 0 Å². The Morgan fingerprint density at radius 3 is 1.81 bits per heavy atom. The highest BCUT2D eigenvalue weighted by atomic mass is 16.5. The molecule has 0 amide bonds. The number of benzene rings is 2. The fourth-order valence-corrected chi connectivity index (χ4v) is 3.04. The first-order valence-corrected chi connectivity index (χ1v) is 7.17. The summed E-state index contributed by atoms with van der Waals surface area (Å²) in [7, 11) is 1.41. The minimum atomic E-state index is -0.291. The van der Waals surface area contributed by atoms with Crippen molar-refractivity contribution in [1.29, 1.82) is 0 Å². The molecule has 1 aliphatic carbocycles. The largest absolute Gasteiger partial charge is 0.466 e. The number of hydrogen-bond acceptors (Lipinski definition) is 2. The summed E-state index contributed by atoms with van der Waals surface area (Å²) in [6.45, 7) is 0. The van der Waals surface area contributed by atoms with Gasteiger partial charge in [-0.15, -0.1) is 0 Å². The minimum Gasteiger partial charge on any atom is -0.466 e. The average Bonchev–Trinajstić information content (AvgIpc) is 3.28. The lowest BCUT2D eigenvalue weighted by atomic mass is 10.0. The molecule has 3 rings (SSSR count). The molecule has 0 bridgehead atoms. The Balaban J connectivity index is 1.86. The number of ether oxygens (including phenoxy) is 1. The van der Waals surface area contributed by atoms with Gasteiger partial charge in [0.15, 0.2) is 0 Å². The van der Waals surface area contributed by atoms with Crippen molar-refractivity contribution in [2.45, 2.75) is 11.8 Å². The van der Waals surface area contributed by atoms with E-state index in [1.807, 2.05) is 18.2 Å². The molecule has 0 spiro atoms. The molecule has 0 aromatic heterocycles. The summed E-state index contributed by atoms with van der Waals surface area (Å²) in [5, 5.41) is 0. The predicted octanol–water partition coefficient (Wildman–Crippen LogP) is 3.91. The van der Waals surface area contributed by atoms with E-state index in [2.05, 4.69) is 53.3 Å². The maximum atomic E-state index is 11.3. The highest BCUT2D eigenvalue weighted by Gasteiger charge is 2.49. The van der Waals surface area contributed by atoms with Crippen LogP contribution in [0.5, 0.6) is 0 Å². The van der Waals surface area contributed by atoms with E-state index in [1.54, 1.807) is 6.08 Å². The maximum Gasteiger partial charge on any atom is 0.330 e. The molecule has 2 nitrogen and oxygen atoms in total. The molecule has 0 N–H and O–H groups in total. The number of methoxy groups -OCH3 is 1. The van der Waals surface area contributed by atoms with Gasteiger partial charge in [-0.25, -0.2) is 4.79 Å². The van der Waals surface area contributed by atoms with Crippen molar-refractivity contribution in [1.82, 2.24) is 0 Å². The van der Waals surface area contributed by atoms with Crippen molar-refractivity contribution in [3.05, 3.63) is 83.9 Å². The third-order valence-electron chi connectivity index (χ3n) is 4.10. The SMILES string of the molecule is COC(=O)/C=C/C1[C@H](c2ccccc2)[C@H]1c1ccccc1. The lowest BCUT2D eigenvalue weighted by Crippen LogP contribution is -1.94. The summed E-state index contributed by atoms with van der Waals surface area (Å²) in [5.41, 5.74) is 2.65. The molecule has 0 unspecified atom stereocenters. The molecule has 0 heterocycles. The third-order valence-corrected chi connectivity index (χ3v) is 4.10. The van der Waals surface area contributed by atoms with Gasteiger partial charge in [0, 0.05) is 6.08 Å². The monoisotopic (exact) mass is 278 g/mol. The summed E-state index contributed by atoms with van der Waals surface area (Å²) >= 11 is 0. The van der Waals surface area contributed by atoms with Gasteiger partial charge >= 0.3 is 5.97 Å². The van der Waals surface area contributed by atoms with Crippen LogP contribution in [0.25, 0.3) is 0 Å². The van der Waals surface area contributed by atoms with Crippen LogP contribution in [0.15, 0.2) is 72.8 Å². The Morgan fingerprint density at radius 2 is 1.38 bits per heavy atom. The Hall–Kier alpha value is -2.35. The standard InChI is InChI=1S/C19H18O2/c1-21-17(20)13-12-16-18(14-8-4-2-5-9-14)19(16)15-10-6-3-7-11-15/h2-13,16,18-19H,1H3/b13-12+/t18-,19-/m0/s1. The normalized spacial score (nSPS) is 24.0. The van der Waals surface area contributed by atoms with Crippen molar-refractivity contribution >= 4 is 5.97 Å². The molecule has 1 fully saturated rings. The number of esters is 1. The van der Waals surface area contributed by atoms with E-state index in [9.17, 15) is 4.79 Å². The highest BCUT2D eigenvalue weighted by Crippen LogP contribution is 2.61. The molecule has 0 saturated heterocycles. The fourth-order valence-electron chi connectivity index (χ4n) is 3.04. The van der Waals surface area contributed by atoms with Gasteiger partial charge in [0.05, 0.1) is 7.11 Å². The van der Waals surface area contributed by atoms with Gasteiger partial charge < -0.3 is 4.74 Å². The molecule has 1 saturated carbocycles. The summed E-state index contributed by atoms with van der Waals surface area (Å²) in [6.07, 6.45) is 3.53. The summed E-state index contributed by atoms with van der Waals surface area (Å²) in [6, 6.07) is 21.0. The van der Waals surface area contributed by atoms with Crippen LogP contribution >= 0.6 is 0 Å². The van der Waals surface area contributed by atoms with E-state index in [-0.39, 0.29) is 5.97 Å². The second kappa shape index (κ2) is 5.96. The van der Waals surface area contributed by atoms with Gasteiger partial charge in [-0.3, -0.25) is 0 Å². The van der Waals surface area contributed by atoms with Gasteiger partial charge in [-0.1, -0.05) is 66.7 Å². The van der Waals surface area contributed by atoms with E-state index >= 15 is 0 Å². The van der Waals surface area contributed by atoms with Crippen LogP contribution in [0.2, 0.25) is 0 Å². The number of hydrogen-bond donors (Lipinski definition) is 0. The summed E-state index contributed by atoms with van der Waals surface area (Å²) in [4.78, 5) is 11.3. The van der Waals surface area contributed by atoms with E-state index in [0.29, 0.717) is 17.8 Å². The second-order valence-corrected chi connectivity index (χ2v) is 5.33. The third kappa shape index (κ3) is 2.89. The lowest BCUT2D eigenvalue weighted by molar-refractivity contribution is -0.134. The number of carbonyl (C=O) groups excluding carboxylic acids is 1. The molecule has 2 aromatic carbocycles. The van der Waals surface area contributed by atoms with Crippen LogP contribution in [0, 0.1) is 5.92 Å². The quantitative estimate of drug-likeness (QED) is 0.626. The highest BCUT2D eigenvalue weighted by molar-refractivity contribution is 5.82. The van der Waals surface area contributed by atoms with Crippen molar-refractivity contribution in [3.8, 4) is 0 Å². The van der Waals surface area contributed by atoms with E-state index in [4.69, 9.17) is 0 Å². The number of allylic oxidation sites excluding steroid dienone is 1. The van der Waals surface area contributed by atoms with Gasteiger partial charge in [0.25, 0.3) is 0 Å². The maximum absolute atomic E-state index is 11.3. The number of rotatable bonds is 4. The van der Waals surface area contributed by atoms with Crippen LogP contribution < -0.4 is 0 Å². The van der Waals surface area contributed by atoms with Crippen LogP contribution in [0.1, 0.15) is 23.0 Å². The lowest BCUT2D eigenvalue weighted by Gasteiger charge is -2.00. The predicted molar refractivity (Wildman–Crippen MR) is 83.0 cm³/mol. The molecular formula is C19H18O2. The molecule has 2 heteroatoms. The van der Waals surface area contributed by atoms with Gasteiger partial charge in [0.2, 0.25) is 0 Å².